The molecule has 4 N–H and O–H groups in total. The molecule has 134 valence electrons. The summed E-state index contributed by atoms with van der Waals surface area (Å²) in [5.74, 6) is 0.623. The molecule has 0 saturated carbocycles. The Morgan fingerprint density at radius 2 is 1.88 bits per heavy atom. The molecular weight excluding hydrogens is 335 g/mol. The molecule has 26 heavy (non-hydrogen) atoms. The molecule has 0 amide bonds. The molecule has 2 aromatic heterocycles. The van der Waals surface area contributed by atoms with E-state index in [4.69, 9.17) is 15.5 Å². The topological polar surface area (TPSA) is 97.1 Å². The second kappa shape index (κ2) is 6.76. The SMILES string of the molecule is Nc1ncc(-c2nc(-c3ccc(F)cc3)[nH]c2C2CCOCC2)cc1O. The van der Waals surface area contributed by atoms with Crippen LogP contribution in [0.25, 0.3) is 22.6 Å². The van der Waals surface area contributed by atoms with E-state index in [1.807, 2.05) is 0 Å². The first-order valence-corrected chi connectivity index (χ1v) is 8.50. The zero-order chi connectivity index (χ0) is 18.1. The van der Waals surface area contributed by atoms with Crippen LogP contribution in [0.15, 0.2) is 36.5 Å². The van der Waals surface area contributed by atoms with Crippen LogP contribution in [-0.2, 0) is 4.74 Å². The summed E-state index contributed by atoms with van der Waals surface area (Å²) in [6, 6.07) is 7.75. The quantitative estimate of drug-likeness (QED) is 0.669. The second-order valence-corrected chi connectivity index (χ2v) is 6.37. The molecule has 0 unspecified atom stereocenters. The number of ether oxygens (including phenoxy) is 1. The number of imidazole rings is 1. The number of aromatic amines is 1. The highest BCUT2D eigenvalue weighted by Crippen LogP contribution is 2.36. The van der Waals surface area contributed by atoms with E-state index in [2.05, 4.69) is 9.97 Å². The van der Waals surface area contributed by atoms with Crippen molar-refractivity contribution in [1.82, 2.24) is 15.0 Å². The molecule has 1 aliphatic rings. The molecule has 3 aromatic rings. The fourth-order valence-corrected chi connectivity index (χ4v) is 3.23. The molecule has 3 heterocycles. The largest absolute Gasteiger partial charge is 0.504 e. The maximum Gasteiger partial charge on any atom is 0.165 e. The van der Waals surface area contributed by atoms with Gasteiger partial charge in [-0.1, -0.05) is 0 Å². The van der Waals surface area contributed by atoms with Crippen molar-refractivity contribution in [2.45, 2.75) is 18.8 Å². The smallest absolute Gasteiger partial charge is 0.165 e. The normalized spacial score (nSPS) is 15.3. The van der Waals surface area contributed by atoms with Gasteiger partial charge in [-0.05, 0) is 43.2 Å². The van der Waals surface area contributed by atoms with Crippen LogP contribution in [0, 0.1) is 5.82 Å². The number of nitrogens with zero attached hydrogens (tertiary/aromatic N) is 2. The van der Waals surface area contributed by atoms with Crippen LogP contribution in [0.1, 0.15) is 24.5 Å². The van der Waals surface area contributed by atoms with Crippen molar-refractivity contribution in [3.63, 3.8) is 0 Å². The number of aromatic hydroxyl groups is 1. The number of aromatic nitrogens is 3. The third-order valence-corrected chi connectivity index (χ3v) is 4.65. The van der Waals surface area contributed by atoms with E-state index in [1.54, 1.807) is 24.4 Å². The lowest BCUT2D eigenvalue weighted by molar-refractivity contribution is 0.0847. The molecule has 0 bridgehead atoms. The molecule has 1 aliphatic heterocycles. The van der Waals surface area contributed by atoms with Crippen LogP contribution in [0.5, 0.6) is 5.75 Å². The van der Waals surface area contributed by atoms with Crippen LogP contribution in [-0.4, -0.2) is 33.3 Å². The molecule has 1 saturated heterocycles. The molecule has 1 fully saturated rings. The Balaban J connectivity index is 1.81. The van der Waals surface area contributed by atoms with Gasteiger partial charge in [0.2, 0.25) is 0 Å². The second-order valence-electron chi connectivity index (χ2n) is 6.37. The Morgan fingerprint density at radius 3 is 2.58 bits per heavy atom. The predicted octanol–water partition coefficient (Wildman–Crippen LogP) is 3.46. The molecule has 0 spiro atoms. The fourth-order valence-electron chi connectivity index (χ4n) is 3.23. The van der Waals surface area contributed by atoms with Gasteiger partial charge in [-0.2, -0.15) is 0 Å². The van der Waals surface area contributed by atoms with Crippen LogP contribution in [0.4, 0.5) is 10.2 Å². The number of benzene rings is 1. The minimum atomic E-state index is -0.294. The van der Waals surface area contributed by atoms with Gasteiger partial charge in [0.15, 0.2) is 11.6 Å². The van der Waals surface area contributed by atoms with Gasteiger partial charge in [0.25, 0.3) is 0 Å². The van der Waals surface area contributed by atoms with Gasteiger partial charge in [0.05, 0.1) is 5.69 Å². The lowest BCUT2D eigenvalue weighted by Crippen LogP contribution is -2.15. The maximum absolute atomic E-state index is 13.2. The summed E-state index contributed by atoms with van der Waals surface area (Å²) in [6.45, 7) is 1.39. The third kappa shape index (κ3) is 3.13. The van der Waals surface area contributed by atoms with E-state index < -0.39 is 0 Å². The summed E-state index contributed by atoms with van der Waals surface area (Å²) in [7, 11) is 0. The van der Waals surface area contributed by atoms with Crippen LogP contribution in [0.3, 0.4) is 0 Å². The Hall–Kier alpha value is -2.93. The number of hydrogen-bond donors (Lipinski definition) is 3. The number of anilines is 1. The van der Waals surface area contributed by atoms with Gasteiger partial charge in [-0.3, -0.25) is 0 Å². The Bertz CT molecular complexity index is 918. The highest BCUT2D eigenvalue weighted by Gasteiger charge is 2.24. The number of nitrogens with two attached hydrogens (primary N) is 1. The molecular formula is C19H19FN4O2. The molecule has 1 aromatic carbocycles. The van der Waals surface area contributed by atoms with E-state index in [0.29, 0.717) is 24.6 Å². The fraction of sp³-hybridized carbons (Fsp3) is 0.263. The zero-order valence-corrected chi connectivity index (χ0v) is 14.1. The number of halogens is 1. The van der Waals surface area contributed by atoms with Crippen molar-refractivity contribution in [2.24, 2.45) is 0 Å². The molecule has 0 aliphatic carbocycles. The average Bonchev–Trinajstić information content (AvgIpc) is 3.11. The third-order valence-electron chi connectivity index (χ3n) is 4.65. The maximum atomic E-state index is 13.2. The minimum absolute atomic E-state index is 0.0771. The van der Waals surface area contributed by atoms with Crippen molar-refractivity contribution < 1.29 is 14.2 Å². The molecule has 4 rings (SSSR count). The van der Waals surface area contributed by atoms with Gasteiger partial charge in [0.1, 0.15) is 11.6 Å². The Kier molecular flexibility index (Phi) is 4.30. The van der Waals surface area contributed by atoms with Crippen LogP contribution < -0.4 is 5.73 Å². The van der Waals surface area contributed by atoms with E-state index in [1.165, 1.54) is 12.1 Å². The van der Waals surface area contributed by atoms with Gasteiger partial charge >= 0.3 is 0 Å². The summed E-state index contributed by atoms with van der Waals surface area (Å²) < 4.78 is 18.7. The van der Waals surface area contributed by atoms with Crippen molar-refractivity contribution in [3.8, 4) is 28.4 Å². The van der Waals surface area contributed by atoms with Gasteiger partial charge in [-0.25, -0.2) is 14.4 Å². The number of nitrogen functional groups attached to an aromatic ring is 1. The van der Waals surface area contributed by atoms with Crippen molar-refractivity contribution in [2.75, 3.05) is 18.9 Å². The number of pyridine rings is 1. The summed E-state index contributed by atoms with van der Waals surface area (Å²) in [4.78, 5) is 12.1. The molecule has 0 atom stereocenters. The van der Waals surface area contributed by atoms with Crippen molar-refractivity contribution in [1.29, 1.82) is 0 Å². The predicted molar refractivity (Wildman–Crippen MR) is 96.1 cm³/mol. The first-order valence-electron chi connectivity index (χ1n) is 8.50. The van der Waals surface area contributed by atoms with E-state index in [-0.39, 0.29) is 23.3 Å². The standard InChI is InChI=1S/C19H19FN4O2/c20-14-3-1-12(2-4-14)19-23-16(11-5-7-26-8-6-11)17(24-19)13-9-15(25)18(21)22-10-13/h1-4,9-11,25H,5-8H2,(H2,21,22)(H,23,24). The minimum Gasteiger partial charge on any atom is -0.504 e. The first kappa shape index (κ1) is 16.5. The zero-order valence-electron chi connectivity index (χ0n) is 14.1. The first-order chi connectivity index (χ1) is 12.6. The van der Waals surface area contributed by atoms with Crippen molar-refractivity contribution in [3.05, 3.63) is 48.0 Å². The number of nitrogens with one attached hydrogen (secondary N) is 1. The summed E-state index contributed by atoms with van der Waals surface area (Å²) >= 11 is 0. The van der Waals surface area contributed by atoms with E-state index in [0.717, 1.165) is 29.8 Å². The Morgan fingerprint density at radius 1 is 1.15 bits per heavy atom. The van der Waals surface area contributed by atoms with Crippen LogP contribution in [0.2, 0.25) is 0 Å². The highest BCUT2D eigenvalue weighted by molar-refractivity contribution is 5.70. The van der Waals surface area contributed by atoms with Gasteiger partial charge < -0.3 is 20.6 Å². The average molecular weight is 354 g/mol. The summed E-state index contributed by atoms with van der Waals surface area (Å²) in [5, 5.41) is 9.93. The number of rotatable bonds is 3. The lowest BCUT2D eigenvalue weighted by Gasteiger charge is -2.22. The molecule has 6 nitrogen and oxygen atoms in total. The lowest BCUT2D eigenvalue weighted by atomic mass is 9.93. The highest BCUT2D eigenvalue weighted by atomic mass is 19.1. The molecule has 7 heteroatoms. The number of hydrogen-bond acceptors (Lipinski definition) is 5. The van der Waals surface area contributed by atoms with E-state index >= 15 is 0 Å². The van der Waals surface area contributed by atoms with E-state index in [9.17, 15) is 9.50 Å². The summed E-state index contributed by atoms with van der Waals surface area (Å²) in [5.41, 5.74) is 8.78. The van der Waals surface area contributed by atoms with Crippen LogP contribution >= 0.6 is 0 Å². The summed E-state index contributed by atoms with van der Waals surface area (Å²) in [6.07, 6.45) is 3.36. The monoisotopic (exact) mass is 354 g/mol. The van der Waals surface area contributed by atoms with Crippen molar-refractivity contribution >= 4 is 5.82 Å². The van der Waals surface area contributed by atoms with Gasteiger partial charge in [-0.15, -0.1) is 0 Å². The van der Waals surface area contributed by atoms with Gasteiger partial charge in [0, 0.05) is 42.1 Å². The Labute approximate surface area is 149 Å². The molecule has 0 radical (unpaired) electrons. The number of H-pyrrole nitrogens is 1.